The summed E-state index contributed by atoms with van der Waals surface area (Å²) in [5.41, 5.74) is 3.42. The van der Waals surface area contributed by atoms with E-state index in [1.54, 1.807) is 6.92 Å². The first-order valence-electron chi connectivity index (χ1n) is 12.8. The van der Waals surface area contributed by atoms with E-state index >= 15 is 0 Å². The number of carbonyl (C=O) groups excluding carboxylic acids is 2. The second kappa shape index (κ2) is 12.7. The molecule has 0 fully saturated rings. The van der Waals surface area contributed by atoms with E-state index in [1.165, 1.54) is 28.0 Å². The summed E-state index contributed by atoms with van der Waals surface area (Å²) in [6.07, 6.45) is 3.06. The average molecular weight is 582 g/mol. The third-order valence-corrected chi connectivity index (χ3v) is 8.61. The van der Waals surface area contributed by atoms with Gasteiger partial charge in [0.25, 0.3) is 0 Å². The van der Waals surface area contributed by atoms with Crippen LogP contribution in [-0.2, 0) is 28.9 Å². The molecule has 0 unspecified atom stereocenters. The van der Waals surface area contributed by atoms with Crippen LogP contribution in [0.5, 0.6) is 0 Å². The maximum Gasteiger partial charge on any atom is 0.341 e. The van der Waals surface area contributed by atoms with E-state index in [1.807, 2.05) is 59.2 Å². The number of carbonyl (C=O) groups is 2. The smallest absolute Gasteiger partial charge is 0.341 e. The summed E-state index contributed by atoms with van der Waals surface area (Å²) in [4.78, 5) is 26.6. The van der Waals surface area contributed by atoms with Gasteiger partial charge in [0, 0.05) is 33.4 Å². The fourth-order valence-corrected chi connectivity index (χ4v) is 6.76. The summed E-state index contributed by atoms with van der Waals surface area (Å²) in [6.45, 7) is 2.55. The molecule has 2 aromatic heterocycles. The molecule has 0 saturated carbocycles. The standard InChI is InChI=1S/C28H28ClN5O3S2/c1-2-37-27(36)25-21-9-6-10-22(21)39-26(25)31-24(35)15-16-38-28-33-32-23(34(28)20-7-4-3-5-8-20)17-30-19-13-11-18(29)12-14-19/h3-5,7-8,11-14,30H,2,6,9-10,15-17H2,1H3,(H,31,35). The summed E-state index contributed by atoms with van der Waals surface area (Å²) < 4.78 is 7.26. The first-order valence-corrected chi connectivity index (χ1v) is 14.9. The Balaban J connectivity index is 1.25. The van der Waals surface area contributed by atoms with Crippen molar-refractivity contribution < 1.29 is 14.3 Å². The van der Waals surface area contributed by atoms with E-state index in [0.29, 0.717) is 39.6 Å². The summed E-state index contributed by atoms with van der Waals surface area (Å²) >= 11 is 8.95. The predicted octanol–water partition coefficient (Wildman–Crippen LogP) is 6.38. The summed E-state index contributed by atoms with van der Waals surface area (Å²) in [5.74, 6) is 0.734. The second-order valence-corrected chi connectivity index (χ2v) is 11.5. The fraction of sp³-hybridized carbons (Fsp3) is 0.286. The molecule has 1 aliphatic carbocycles. The zero-order valence-corrected chi connectivity index (χ0v) is 23.8. The van der Waals surface area contributed by atoms with Gasteiger partial charge in [-0.25, -0.2) is 4.79 Å². The maximum atomic E-state index is 12.9. The van der Waals surface area contributed by atoms with Gasteiger partial charge in [0.1, 0.15) is 5.00 Å². The highest BCUT2D eigenvalue weighted by molar-refractivity contribution is 7.99. The lowest BCUT2D eigenvalue weighted by atomic mass is 10.1. The third-order valence-electron chi connectivity index (χ3n) is 6.22. The molecule has 2 aromatic carbocycles. The molecular formula is C28H28ClN5O3S2. The minimum atomic E-state index is -0.364. The normalized spacial score (nSPS) is 12.3. The highest BCUT2D eigenvalue weighted by atomic mass is 35.5. The van der Waals surface area contributed by atoms with Gasteiger partial charge in [-0.05, 0) is 68.1 Å². The number of esters is 1. The Morgan fingerprint density at radius 2 is 1.90 bits per heavy atom. The number of thiophene rings is 1. The summed E-state index contributed by atoms with van der Waals surface area (Å²) in [7, 11) is 0. The van der Waals surface area contributed by atoms with E-state index in [-0.39, 0.29) is 18.3 Å². The van der Waals surface area contributed by atoms with Crippen molar-refractivity contribution in [1.29, 1.82) is 0 Å². The molecule has 0 bridgehead atoms. The van der Waals surface area contributed by atoms with E-state index in [9.17, 15) is 9.59 Å². The molecule has 202 valence electrons. The van der Waals surface area contributed by atoms with Gasteiger partial charge in [0.15, 0.2) is 11.0 Å². The van der Waals surface area contributed by atoms with E-state index in [0.717, 1.165) is 42.0 Å². The summed E-state index contributed by atoms with van der Waals surface area (Å²) in [5, 5.41) is 17.1. The monoisotopic (exact) mass is 581 g/mol. The molecule has 2 heterocycles. The average Bonchev–Trinajstić information content (AvgIpc) is 3.64. The Labute approximate surface area is 240 Å². The fourth-order valence-electron chi connectivity index (χ4n) is 4.43. The molecule has 8 nitrogen and oxygen atoms in total. The Bertz CT molecular complexity index is 1450. The van der Waals surface area contributed by atoms with Crippen LogP contribution in [0.15, 0.2) is 59.8 Å². The van der Waals surface area contributed by atoms with Crippen molar-refractivity contribution >= 4 is 57.3 Å². The lowest BCUT2D eigenvalue weighted by Gasteiger charge is -2.11. The van der Waals surface area contributed by atoms with Crippen LogP contribution in [0.25, 0.3) is 5.69 Å². The number of thioether (sulfide) groups is 1. The first kappa shape index (κ1) is 27.2. The van der Waals surface area contributed by atoms with Crippen LogP contribution in [-0.4, -0.2) is 39.0 Å². The molecule has 0 spiro atoms. The van der Waals surface area contributed by atoms with Crippen molar-refractivity contribution in [2.45, 2.75) is 44.3 Å². The number of halogens is 1. The van der Waals surface area contributed by atoms with Gasteiger partial charge in [0.2, 0.25) is 5.91 Å². The van der Waals surface area contributed by atoms with Gasteiger partial charge in [-0.3, -0.25) is 9.36 Å². The predicted molar refractivity (Wildman–Crippen MR) is 156 cm³/mol. The van der Waals surface area contributed by atoms with Crippen molar-refractivity contribution in [2.75, 3.05) is 23.0 Å². The molecule has 2 N–H and O–H groups in total. The molecule has 11 heteroatoms. The number of nitrogens with one attached hydrogen (secondary N) is 2. The maximum absolute atomic E-state index is 12.9. The van der Waals surface area contributed by atoms with Crippen LogP contribution < -0.4 is 10.6 Å². The Hall–Kier alpha value is -3.34. The topological polar surface area (TPSA) is 98.1 Å². The van der Waals surface area contributed by atoms with Gasteiger partial charge in [-0.15, -0.1) is 21.5 Å². The Morgan fingerprint density at radius 1 is 1.10 bits per heavy atom. The Kier molecular flexibility index (Phi) is 8.85. The SMILES string of the molecule is CCOC(=O)c1c(NC(=O)CCSc2nnc(CNc3ccc(Cl)cc3)n2-c2ccccc2)sc2c1CCC2. The van der Waals surface area contributed by atoms with Crippen LogP contribution in [0.4, 0.5) is 10.7 Å². The van der Waals surface area contributed by atoms with Gasteiger partial charge in [-0.2, -0.15) is 0 Å². The minimum Gasteiger partial charge on any atom is -0.462 e. The first-order chi connectivity index (χ1) is 19.0. The van der Waals surface area contributed by atoms with Crippen molar-refractivity contribution in [2.24, 2.45) is 0 Å². The Morgan fingerprint density at radius 3 is 2.67 bits per heavy atom. The molecule has 0 atom stereocenters. The van der Waals surface area contributed by atoms with Crippen LogP contribution in [0.1, 0.15) is 46.4 Å². The number of ether oxygens (including phenoxy) is 1. The zero-order valence-electron chi connectivity index (χ0n) is 21.4. The van der Waals surface area contributed by atoms with Crippen LogP contribution in [0.2, 0.25) is 5.02 Å². The van der Waals surface area contributed by atoms with E-state index in [4.69, 9.17) is 16.3 Å². The molecular weight excluding hydrogens is 554 g/mol. The summed E-state index contributed by atoms with van der Waals surface area (Å²) in [6, 6.07) is 17.4. The van der Waals surface area contributed by atoms with Crippen LogP contribution in [0, 0.1) is 0 Å². The van der Waals surface area contributed by atoms with E-state index < -0.39 is 0 Å². The molecule has 0 radical (unpaired) electrons. The molecule has 1 amide bonds. The lowest BCUT2D eigenvalue weighted by Crippen LogP contribution is -2.15. The van der Waals surface area contributed by atoms with Crippen molar-refractivity contribution in [3.05, 3.63) is 81.4 Å². The molecule has 4 aromatic rings. The number of benzene rings is 2. The number of para-hydroxylation sites is 1. The van der Waals surface area contributed by atoms with Gasteiger partial charge in [0.05, 0.1) is 18.7 Å². The quantitative estimate of drug-likeness (QED) is 0.157. The molecule has 1 aliphatic rings. The molecule has 0 saturated heterocycles. The second-order valence-electron chi connectivity index (χ2n) is 8.86. The highest BCUT2D eigenvalue weighted by Gasteiger charge is 2.28. The number of anilines is 2. The van der Waals surface area contributed by atoms with Crippen LogP contribution in [0.3, 0.4) is 0 Å². The number of rotatable bonds is 11. The minimum absolute atomic E-state index is 0.150. The zero-order chi connectivity index (χ0) is 27.2. The number of amides is 1. The third kappa shape index (κ3) is 6.46. The molecule has 39 heavy (non-hydrogen) atoms. The number of aryl methyl sites for hydroxylation is 1. The van der Waals surface area contributed by atoms with Crippen LogP contribution >= 0.6 is 34.7 Å². The molecule has 5 rings (SSSR count). The number of aromatic nitrogens is 3. The largest absolute Gasteiger partial charge is 0.462 e. The lowest BCUT2D eigenvalue weighted by molar-refractivity contribution is -0.115. The van der Waals surface area contributed by atoms with Gasteiger partial charge in [-0.1, -0.05) is 41.6 Å². The van der Waals surface area contributed by atoms with E-state index in [2.05, 4.69) is 20.8 Å². The van der Waals surface area contributed by atoms with Gasteiger partial charge < -0.3 is 15.4 Å². The number of fused-ring (bicyclic) bond motifs is 1. The van der Waals surface area contributed by atoms with Crippen molar-refractivity contribution in [3.8, 4) is 5.69 Å². The van der Waals surface area contributed by atoms with Crippen molar-refractivity contribution in [3.63, 3.8) is 0 Å². The van der Waals surface area contributed by atoms with Crippen molar-refractivity contribution in [1.82, 2.24) is 14.8 Å². The number of hydrogen-bond acceptors (Lipinski definition) is 8. The number of hydrogen-bond donors (Lipinski definition) is 2. The highest BCUT2D eigenvalue weighted by Crippen LogP contribution is 2.39. The molecule has 0 aliphatic heterocycles. The van der Waals surface area contributed by atoms with Gasteiger partial charge >= 0.3 is 5.97 Å². The number of nitrogens with zero attached hydrogens (tertiary/aromatic N) is 3.